The maximum atomic E-state index is 12.7. The Bertz CT molecular complexity index is 1030. The Morgan fingerprint density at radius 2 is 1.87 bits per heavy atom. The van der Waals surface area contributed by atoms with Crippen LogP contribution < -0.4 is 14.8 Å². The summed E-state index contributed by atoms with van der Waals surface area (Å²) >= 11 is 0. The van der Waals surface area contributed by atoms with Crippen molar-refractivity contribution in [3.05, 3.63) is 71.4 Å². The highest BCUT2D eigenvalue weighted by Gasteiger charge is 2.25. The van der Waals surface area contributed by atoms with E-state index in [1.165, 1.54) is 11.1 Å². The minimum Gasteiger partial charge on any atom is -0.490 e. The van der Waals surface area contributed by atoms with Crippen LogP contribution in [0.4, 0.5) is 5.82 Å². The maximum Gasteiger partial charge on any atom is 0.263 e. The van der Waals surface area contributed by atoms with Crippen LogP contribution in [0.25, 0.3) is 0 Å². The number of rotatable bonds is 7. The molecule has 1 aromatic heterocycles. The number of benzene rings is 2. The minimum atomic E-state index is -0.227. The summed E-state index contributed by atoms with van der Waals surface area (Å²) in [5.74, 6) is 1.69. The fraction of sp³-hybridized carbons (Fsp3) is 0.333. The summed E-state index contributed by atoms with van der Waals surface area (Å²) < 4.78 is 13.2. The Balaban J connectivity index is 1.49. The van der Waals surface area contributed by atoms with Gasteiger partial charge >= 0.3 is 0 Å². The van der Waals surface area contributed by atoms with Crippen molar-refractivity contribution in [2.75, 3.05) is 18.5 Å². The molecule has 1 atom stereocenters. The fourth-order valence-corrected chi connectivity index (χ4v) is 3.98. The molecule has 156 valence electrons. The third kappa shape index (κ3) is 4.17. The van der Waals surface area contributed by atoms with E-state index < -0.39 is 0 Å². The van der Waals surface area contributed by atoms with E-state index >= 15 is 0 Å². The van der Waals surface area contributed by atoms with Crippen LogP contribution in [0.2, 0.25) is 0 Å². The van der Waals surface area contributed by atoms with E-state index in [0.29, 0.717) is 18.1 Å². The first-order valence-electron chi connectivity index (χ1n) is 10.4. The van der Waals surface area contributed by atoms with E-state index in [0.717, 1.165) is 30.6 Å². The summed E-state index contributed by atoms with van der Waals surface area (Å²) in [6.07, 6.45) is 4.99. The number of amides is 1. The van der Waals surface area contributed by atoms with Crippen molar-refractivity contribution in [2.24, 2.45) is 0 Å². The second-order valence-electron chi connectivity index (χ2n) is 7.44. The average molecular weight is 405 g/mol. The molecule has 1 heterocycles. The molecule has 2 aromatic carbocycles. The molecule has 6 nitrogen and oxygen atoms in total. The Morgan fingerprint density at radius 1 is 1.13 bits per heavy atom. The topological polar surface area (TPSA) is 65.4 Å². The number of fused-ring (bicyclic) bond motifs is 1. The van der Waals surface area contributed by atoms with Gasteiger partial charge in [-0.1, -0.05) is 36.4 Å². The lowest BCUT2D eigenvalue weighted by atomic mass is 9.88. The van der Waals surface area contributed by atoms with Crippen molar-refractivity contribution in [2.45, 2.75) is 39.2 Å². The van der Waals surface area contributed by atoms with Gasteiger partial charge in [-0.3, -0.25) is 4.79 Å². The van der Waals surface area contributed by atoms with Crippen LogP contribution in [-0.4, -0.2) is 28.9 Å². The molecule has 3 aromatic rings. The summed E-state index contributed by atoms with van der Waals surface area (Å²) in [4.78, 5) is 12.7. The molecular weight excluding hydrogens is 378 g/mol. The van der Waals surface area contributed by atoms with Gasteiger partial charge < -0.3 is 14.8 Å². The predicted octanol–water partition coefficient (Wildman–Crippen LogP) is 4.53. The predicted molar refractivity (Wildman–Crippen MR) is 116 cm³/mol. The average Bonchev–Trinajstić information content (AvgIpc) is 3.13. The number of nitrogens with zero attached hydrogens (tertiary/aromatic N) is 2. The Labute approximate surface area is 176 Å². The lowest BCUT2D eigenvalue weighted by molar-refractivity contribution is -0.118. The molecule has 1 aliphatic rings. The largest absolute Gasteiger partial charge is 0.490 e. The lowest BCUT2D eigenvalue weighted by Crippen LogP contribution is -2.25. The van der Waals surface area contributed by atoms with Crippen LogP contribution in [0.5, 0.6) is 11.5 Å². The van der Waals surface area contributed by atoms with Crippen LogP contribution in [0.3, 0.4) is 0 Å². The van der Waals surface area contributed by atoms with Gasteiger partial charge in [-0.05, 0) is 56.4 Å². The molecule has 30 heavy (non-hydrogen) atoms. The second-order valence-corrected chi connectivity index (χ2v) is 7.44. The van der Waals surface area contributed by atoms with Crippen LogP contribution in [0.1, 0.15) is 42.5 Å². The highest BCUT2D eigenvalue weighted by atomic mass is 16.5. The zero-order valence-electron chi connectivity index (χ0n) is 17.4. The van der Waals surface area contributed by atoms with Gasteiger partial charge in [0.1, 0.15) is 5.82 Å². The maximum absolute atomic E-state index is 12.7. The molecule has 0 saturated carbocycles. The number of nitrogens with one attached hydrogen (secondary N) is 1. The third-order valence-electron chi connectivity index (χ3n) is 5.38. The van der Waals surface area contributed by atoms with Crippen molar-refractivity contribution in [1.82, 2.24) is 9.78 Å². The minimum absolute atomic E-state index is 0.101. The van der Waals surface area contributed by atoms with Crippen molar-refractivity contribution >= 4 is 11.7 Å². The van der Waals surface area contributed by atoms with Gasteiger partial charge in [-0.2, -0.15) is 5.10 Å². The molecular formula is C24H27N3O3. The quantitative estimate of drug-likeness (QED) is 0.627. The molecule has 0 radical (unpaired) electrons. The Kier molecular flexibility index (Phi) is 6.02. The number of carbonyl (C=O) groups is 1. The van der Waals surface area contributed by atoms with E-state index in [-0.39, 0.29) is 18.6 Å². The number of aromatic nitrogens is 2. The van der Waals surface area contributed by atoms with E-state index in [1.54, 1.807) is 12.3 Å². The first-order chi connectivity index (χ1) is 14.7. The smallest absolute Gasteiger partial charge is 0.263 e. The molecule has 0 spiro atoms. The number of carbonyl (C=O) groups excluding carboxylic acids is 1. The Morgan fingerprint density at radius 3 is 2.67 bits per heavy atom. The molecule has 1 N–H and O–H groups in total. The van der Waals surface area contributed by atoms with Crippen molar-refractivity contribution < 1.29 is 14.3 Å². The van der Waals surface area contributed by atoms with Gasteiger partial charge in [0.05, 0.1) is 18.8 Å². The molecule has 1 aliphatic carbocycles. The first-order valence-corrected chi connectivity index (χ1v) is 10.4. The van der Waals surface area contributed by atoms with Gasteiger partial charge in [0, 0.05) is 5.56 Å². The molecule has 0 bridgehead atoms. The number of aryl methyl sites for hydroxylation is 2. The third-order valence-corrected chi connectivity index (χ3v) is 5.38. The summed E-state index contributed by atoms with van der Waals surface area (Å²) in [5.41, 5.74) is 3.57. The lowest BCUT2D eigenvalue weighted by Gasteiger charge is -2.27. The number of anilines is 1. The Hall–Kier alpha value is -3.28. The second kappa shape index (κ2) is 9.03. The van der Waals surface area contributed by atoms with Gasteiger partial charge in [0.15, 0.2) is 18.1 Å². The molecule has 0 aliphatic heterocycles. The number of para-hydroxylation sites is 2. The number of hydrogen-bond donors (Lipinski definition) is 1. The number of ether oxygens (including phenoxy) is 2. The van der Waals surface area contributed by atoms with Gasteiger partial charge in [-0.15, -0.1) is 0 Å². The monoisotopic (exact) mass is 405 g/mol. The highest BCUT2D eigenvalue weighted by Crippen LogP contribution is 2.35. The molecule has 6 heteroatoms. The molecule has 1 unspecified atom stereocenters. The molecule has 0 fully saturated rings. The van der Waals surface area contributed by atoms with Crippen LogP contribution in [0.15, 0.2) is 54.7 Å². The van der Waals surface area contributed by atoms with Crippen LogP contribution in [0, 0.1) is 6.92 Å². The van der Waals surface area contributed by atoms with Gasteiger partial charge in [0.25, 0.3) is 5.91 Å². The summed E-state index contributed by atoms with van der Waals surface area (Å²) in [5, 5.41) is 7.59. The summed E-state index contributed by atoms with van der Waals surface area (Å²) in [7, 11) is 0. The van der Waals surface area contributed by atoms with Crippen LogP contribution in [-0.2, 0) is 11.2 Å². The van der Waals surface area contributed by atoms with Crippen LogP contribution >= 0.6 is 0 Å². The fourth-order valence-electron chi connectivity index (χ4n) is 3.98. The van der Waals surface area contributed by atoms with Crippen molar-refractivity contribution in [1.29, 1.82) is 0 Å². The normalized spacial score (nSPS) is 15.3. The summed E-state index contributed by atoms with van der Waals surface area (Å²) in [6.45, 7) is 4.31. The molecule has 0 saturated heterocycles. The first kappa shape index (κ1) is 20.0. The highest BCUT2D eigenvalue weighted by molar-refractivity contribution is 5.91. The zero-order chi connectivity index (χ0) is 20.9. The van der Waals surface area contributed by atoms with E-state index in [2.05, 4.69) is 34.7 Å². The SMILES string of the molecule is CCOc1ccccc1OCC(=O)Nc1c(C)cnn1C1CCCc2ccccc21. The van der Waals surface area contributed by atoms with E-state index in [1.807, 2.05) is 36.7 Å². The summed E-state index contributed by atoms with van der Waals surface area (Å²) in [6, 6.07) is 16.0. The van der Waals surface area contributed by atoms with E-state index in [4.69, 9.17) is 9.47 Å². The zero-order valence-corrected chi connectivity index (χ0v) is 17.4. The van der Waals surface area contributed by atoms with E-state index in [9.17, 15) is 4.79 Å². The van der Waals surface area contributed by atoms with Crippen molar-refractivity contribution in [3.8, 4) is 11.5 Å². The van der Waals surface area contributed by atoms with Crippen molar-refractivity contribution in [3.63, 3.8) is 0 Å². The standard InChI is InChI=1S/C24H27N3O3/c1-3-29-21-13-6-7-14-22(21)30-16-23(28)26-24-17(2)15-25-27(24)20-12-8-10-18-9-4-5-11-19(18)20/h4-7,9,11,13-15,20H,3,8,10,12,16H2,1-2H3,(H,26,28). The van der Waals surface area contributed by atoms with Gasteiger partial charge in [-0.25, -0.2) is 4.68 Å². The van der Waals surface area contributed by atoms with Gasteiger partial charge in [0.2, 0.25) is 0 Å². The molecule has 1 amide bonds. The molecule has 4 rings (SSSR count). The number of hydrogen-bond acceptors (Lipinski definition) is 4.